The van der Waals surface area contributed by atoms with Crippen LogP contribution in [0.15, 0.2) is 75.9 Å². The predicted molar refractivity (Wildman–Crippen MR) is 114 cm³/mol. The van der Waals surface area contributed by atoms with E-state index >= 15 is 0 Å². The molecule has 6 nitrogen and oxygen atoms in total. The Morgan fingerprint density at radius 1 is 1.10 bits per heavy atom. The van der Waals surface area contributed by atoms with E-state index in [0.717, 1.165) is 16.7 Å². The first-order chi connectivity index (χ1) is 14.8. The first-order valence-electron chi connectivity index (χ1n) is 9.70. The van der Waals surface area contributed by atoms with Crippen LogP contribution in [-0.4, -0.2) is 40.1 Å². The lowest BCUT2D eigenvalue weighted by Gasteiger charge is -2.39. The van der Waals surface area contributed by atoms with Crippen molar-refractivity contribution in [1.29, 1.82) is 0 Å². The first kappa shape index (κ1) is 18.6. The Bertz CT molecular complexity index is 1140. The lowest BCUT2D eigenvalue weighted by molar-refractivity contribution is -0.139. The molecule has 3 heterocycles. The Balaban J connectivity index is 1.25. The normalized spacial score (nSPS) is 13.8. The van der Waals surface area contributed by atoms with E-state index < -0.39 is 0 Å². The van der Waals surface area contributed by atoms with Gasteiger partial charge in [-0.1, -0.05) is 47.6 Å². The third kappa shape index (κ3) is 3.84. The van der Waals surface area contributed by atoms with Crippen molar-refractivity contribution in [3.8, 4) is 28.6 Å². The molecule has 0 unspecified atom stereocenters. The van der Waals surface area contributed by atoms with E-state index in [1.165, 1.54) is 0 Å². The number of amides is 1. The van der Waals surface area contributed by atoms with Crippen LogP contribution in [-0.2, 0) is 11.2 Å². The van der Waals surface area contributed by atoms with Crippen LogP contribution in [0, 0.1) is 0 Å². The van der Waals surface area contributed by atoms with Gasteiger partial charge in [0.1, 0.15) is 11.9 Å². The molecule has 5 rings (SSSR count). The summed E-state index contributed by atoms with van der Waals surface area (Å²) in [7, 11) is 0. The van der Waals surface area contributed by atoms with Gasteiger partial charge in [-0.05, 0) is 34.5 Å². The highest BCUT2D eigenvalue weighted by Crippen LogP contribution is 2.32. The summed E-state index contributed by atoms with van der Waals surface area (Å²) in [5.41, 5.74) is 2.70. The van der Waals surface area contributed by atoms with Crippen molar-refractivity contribution in [2.24, 2.45) is 0 Å². The van der Waals surface area contributed by atoms with E-state index in [1.807, 2.05) is 76.3 Å². The maximum absolute atomic E-state index is 12.4. The highest BCUT2D eigenvalue weighted by molar-refractivity contribution is 7.08. The minimum atomic E-state index is -0.0471. The lowest BCUT2D eigenvalue weighted by Crippen LogP contribution is -2.56. The zero-order valence-electron chi connectivity index (χ0n) is 16.1. The van der Waals surface area contributed by atoms with Gasteiger partial charge in [-0.15, -0.1) is 0 Å². The third-order valence-electron chi connectivity index (χ3n) is 5.01. The van der Waals surface area contributed by atoms with Crippen LogP contribution in [0.3, 0.4) is 0 Å². The van der Waals surface area contributed by atoms with Crippen LogP contribution in [0.1, 0.15) is 5.56 Å². The number of carbonyl (C=O) groups is 1. The second kappa shape index (κ2) is 8.12. The highest BCUT2D eigenvalue weighted by atomic mass is 32.1. The SMILES string of the molecule is O=C(Cc1ccsc1)N1CC(Oc2ccccc2-c2nc(-c3ccccc3)no2)C1. The van der Waals surface area contributed by atoms with E-state index in [-0.39, 0.29) is 12.0 Å². The van der Waals surface area contributed by atoms with Gasteiger partial charge in [0.25, 0.3) is 5.89 Å². The van der Waals surface area contributed by atoms with Crippen LogP contribution < -0.4 is 4.74 Å². The maximum Gasteiger partial charge on any atom is 0.262 e. The quantitative estimate of drug-likeness (QED) is 0.468. The Morgan fingerprint density at radius 2 is 1.90 bits per heavy atom. The largest absolute Gasteiger partial charge is 0.486 e. The molecular formula is C23H19N3O3S. The van der Waals surface area contributed by atoms with Gasteiger partial charge >= 0.3 is 0 Å². The van der Waals surface area contributed by atoms with Gasteiger partial charge in [0.05, 0.1) is 25.1 Å². The van der Waals surface area contributed by atoms with Crippen molar-refractivity contribution in [1.82, 2.24) is 15.0 Å². The summed E-state index contributed by atoms with van der Waals surface area (Å²) in [4.78, 5) is 18.7. The maximum atomic E-state index is 12.4. The van der Waals surface area contributed by atoms with E-state index in [9.17, 15) is 4.79 Å². The number of benzene rings is 2. The van der Waals surface area contributed by atoms with Crippen molar-refractivity contribution < 1.29 is 14.1 Å². The molecule has 2 aromatic carbocycles. The van der Waals surface area contributed by atoms with Gasteiger partial charge < -0.3 is 14.2 Å². The van der Waals surface area contributed by atoms with Crippen molar-refractivity contribution in [3.05, 3.63) is 77.0 Å². The van der Waals surface area contributed by atoms with Crippen molar-refractivity contribution in [2.75, 3.05) is 13.1 Å². The Kier molecular flexibility index (Phi) is 5.03. The molecule has 0 aliphatic carbocycles. The summed E-state index contributed by atoms with van der Waals surface area (Å²) in [6.45, 7) is 1.16. The number of thiophene rings is 1. The molecule has 1 amide bonds. The molecule has 1 aliphatic rings. The van der Waals surface area contributed by atoms with E-state index in [2.05, 4.69) is 10.1 Å². The fourth-order valence-corrected chi connectivity index (χ4v) is 4.03. The molecular weight excluding hydrogens is 398 g/mol. The molecule has 0 saturated carbocycles. The average Bonchev–Trinajstić information content (AvgIpc) is 3.43. The standard InChI is InChI=1S/C23H19N3O3S/c27-21(12-16-10-11-30-15-16)26-13-18(14-26)28-20-9-5-4-8-19(20)23-24-22(25-29-23)17-6-2-1-3-7-17/h1-11,15,18H,12-14H2. The number of para-hydroxylation sites is 1. The number of hydrogen-bond donors (Lipinski definition) is 0. The third-order valence-corrected chi connectivity index (χ3v) is 5.74. The monoisotopic (exact) mass is 417 g/mol. The zero-order chi connectivity index (χ0) is 20.3. The highest BCUT2D eigenvalue weighted by Gasteiger charge is 2.33. The summed E-state index contributed by atoms with van der Waals surface area (Å²) >= 11 is 1.61. The van der Waals surface area contributed by atoms with Gasteiger partial charge in [0, 0.05) is 5.56 Å². The topological polar surface area (TPSA) is 68.5 Å². The van der Waals surface area contributed by atoms with Gasteiger partial charge in [-0.25, -0.2) is 0 Å². The molecule has 0 bridgehead atoms. The second-order valence-electron chi connectivity index (χ2n) is 7.13. The molecule has 150 valence electrons. The number of likely N-dealkylation sites (tertiary alicyclic amines) is 1. The molecule has 0 atom stereocenters. The Morgan fingerprint density at radius 3 is 2.70 bits per heavy atom. The van der Waals surface area contributed by atoms with E-state index in [0.29, 0.717) is 37.0 Å². The molecule has 1 fully saturated rings. The fraction of sp³-hybridized carbons (Fsp3) is 0.174. The number of hydrogen-bond acceptors (Lipinski definition) is 6. The summed E-state index contributed by atoms with van der Waals surface area (Å²) in [5, 5.41) is 8.09. The van der Waals surface area contributed by atoms with Gasteiger partial charge in [-0.2, -0.15) is 16.3 Å². The van der Waals surface area contributed by atoms with Crippen molar-refractivity contribution in [2.45, 2.75) is 12.5 Å². The number of rotatable bonds is 6. The van der Waals surface area contributed by atoms with Gasteiger partial charge in [-0.3, -0.25) is 4.79 Å². The van der Waals surface area contributed by atoms with E-state index in [1.54, 1.807) is 11.3 Å². The van der Waals surface area contributed by atoms with Crippen molar-refractivity contribution >= 4 is 17.2 Å². The Labute approximate surface area is 177 Å². The molecule has 1 aliphatic heterocycles. The fourth-order valence-electron chi connectivity index (χ4n) is 3.36. The summed E-state index contributed by atoms with van der Waals surface area (Å²) in [6, 6.07) is 19.3. The van der Waals surface area contributed by atoms with Crippen molar-refractivity contribution in [3.63, 3.8) is 0 Å². The number of ether oxygens (including phenoxy) is 1. The molecule has 1 saturated heterocycles. The number of nitrogens with zero attached hydrogens (tertiary/aromatic N) is 3. The van der Waals surface area contributed by atoms with Crippen LogP contribution >= 0.6 is 11.3 Å². The number of carbonyl (C=O) groups excluding carboxylic acids is 1. The molecule has 4 aromatic rings. The first-order valence-corrected chi connectivity index (χ1v) is 10.6. The second-order valence-corrected chi connectivity index (χ2v) is 7.91. The summed E-state index contributed by atoms with van der Waals surface area (Å²) in [5.74, 6) is 1.75. The average molecular weight is 417 g/mol. The lowest BCUT2D eigenvalue weighted by atomic mass is 10.1. The molecule has 0 N–H and O–H groups in total. The smallest absolute Gasteiger partial charge is 0.262 e. The van der Waals surface area contributed by atoms with Crippen LogP contribution in [0.4, 0.5) is 0 Å². The molecule has 7 heteroatoms. The minimum Gasteiger partial charge on any atom is -0.486 e. The summed E-state index contributed by atoms with van der Waals surface area (Å²) < 4.78 is 11.6. The van der Waals surface area contributed by atoms with Gasteiger partial charge in [0.15, 0.2) is 0 Å². The predicted octanol–water partition coefficient (Wildman–Crippen LogP) is 4.30. The van der Waals surface area contributed by atoms with E-state index in [4.69, 9.17) is 9.26 Å². The van der Waals surface area contributed by atoms with Crippen LogP contribution in [0.2, 0.25) is 0 Å². The zero-order valence-corrected chi connectivity index (χ0v) is 16.9. The minimum absolute atomic E-state index is 0.0471. The van der Waals surface area contributed by atoms with Gasteiger partial charge in [0.2, 0.25) is 11.7 Å². The number of aromatic nitrogens is 2. The molecule has 0 spiro atoms. The molecule has 30 heavy (non-hydrogen) atoms. The summed E-state index contributed by atoms with van der Waals surface area (Å²) in [6.07, 6.45) is 0.394. The molecule has 2 aromatic heterocycles. The Hall–Kier alpha value is -3.45. The van der Waals surface area contributed by atoms with Crippen LogP contribution in [0.25, 0.3) is 22.8 Å². The van der Waals surface area contributed by atoms with Crippen LogP contribution in [0.5, 0.6) is 5.75 Å². The molecule has 0 radical (unpaired) electrons.